The van der Waals surface area contributed by atoms with Crippen molar-refractivity contribution in [2.24, 2.45) is 0 Å². The number of alkyl halides is 3. The molecule has 0 unspecified atom stereocenters. The molecule has 1 N–H and O–H groups in total. The zero-order valence-electron chi connectivity index (χ0n) is 6.90. The molecular formula is C7H7BrF3NO2. The van der Waals surface area contributed by atoms with Crippen LogP contribution in [0, 0.1) is 0 Å². The Hall–Kier alpha value is -0.530. The quantitative estimate of drug-likeness (QED) is 0.677. The molecule has 0 aliphatic carbocycles. The number of hydroxylamine groups is 1. The molecule has 1 rings (SSSR count). The third kappa shape index (κ3) is 4.64. The predicted molar refractivity (Wildman–Crippen MR) is 45.3 cm³/mol. The highest BCUT2D eigenvalue weighted by molar-refractivity contribution is 9.10. The van der Waals surface area contributed by atoms with Gasteiger partial charge in [0.25, 0.3) is 0 Å². The van der Waals surface area contributed by atoms with E-state index >= 15 is 0 Å². The maximum atomic E-state index is 11.6. The highest BCUT2D eigenvalue weighted by Gasteiger charge is 2.27. The Morgan fingerprint density at radius 2 is 2.14 bits per heavy atom. The van der Waals surface area contributed by atoms with Gasteiger partial charge in [-0.15, -0.1) is 0 Å². The molecule has 1 aromatic heterocycles. The summed E-state index contributed by atoms with van der Waals surface area (Å²) in [7, 11) is 0. The summed E-state index contributed by atoms with van der Waals surface area (Å²) >= 11 is 3.06. The summed E-state index contributed by atoms with van der Waals surface area (Å²) in [5.41, 5.74) is 2.14. The number of furan rings is 1. The molecule has 14 heavy (non-hydrogen) atoms. The summed E-state index contributed by atoms with van der Waals surface area (Å²) in [6.07, 6.45) is -4.32. The monoisotopic (exact) mass is 273 g/mol. The van der Waals surface area contributed by atoms with Gasteiger partial charge in [-0.3, -0.25) is 4.84 Å². The highest BCUT2D eigenvalue weighted by atomic mass is 79.9. The van der Waals surface area contributed by atoms with Gasteiger partial charge >= 0.3 is 6.18 Å². The number of nitrogens with one attached hydrogen (secondary N) is 1. The minimum atomic E-state index is -4.32. The van der Waals surface area contributed by atoms with Crippen LogP contribution in [0.1, 0.15) is 5.76 Å². The molecule has 0 fully saturated rings. The number of hydrogen-bond acceptors (Lipinski definition) is 3. The van der Waals surface area contributed by atoms with Gasteiger partial charge in [0.2, 0.25) is 0 Å². The summed E-state index contributed by atoms with van der Waals surface area (Å²) in [5, 5.41) is 0. The molecule has 0 radical (unpaired) electrons. The Kier molecular flexibility index (Phi) is 3.97. The lowest BCUT2D eigenvalue weighted by Gasteiger charge is -2.06. The molecule has 1 aromatic rings. The third-order valence-corrected chi connectivity index (χ3v) is 1.64. The largest absolute Gasteiger partial charge is 0.453 e. The number of halogens is 4. The van der Waals surface area contributed by atoms with E-state index < -0.39 is 12.8 Å². The topological polar surface area (TPSA) is 34.4 Å². The predicted octanol–water partition coefficient (Wildman–Crippen LogP) is 2.63. The molecule has 1 heterocycles. The summed E-state index contributed by atoms with van der Waals surface area (Å²) < 4.78 is 40.3. The highest BCUT2D eigenvalue weighted by Crippen LogP contribution is 2.15. The fourth-order valence-corrected chi connectivity index (χ4v) is 1.04. The van der Waals surface area contributed by atoms with Crippen molar-refractivity contribution in [1.29, 1.82) is 0 Å². The van der Waals surface area contributed by atoms with Crippen LogP contribution in [-0.2, 0) is 11.4 Å². The van der Waals surface area contributed by atoms with E-state index in [2.05, 4.69) is 26.2 Å². The summed E-state index contributed by atoms with van der Waals surface area (Å²) in [5.74, 6) is 0.485. The van der Waals surface area contributed by atoms with Crippen LogP contribution >= 0.6 is 15.9 Å². The van der Waals surface area contributed by atoms with Gasteiger partial charge in [0.15, 0.2) is 11.3 Å². The van der Waals surface area contributed by atoms with Crippen LogP contribution in [-0.4, -0.2) is 12.8 Å². The first kappa shape index (κ1) is 11.5. The standard InChI is InChI=1S/C7H7BrF3NO2/c8-6-2-1-5(14-6)3-12-13-4-7(9,10)11/h1-2,12H,3-4H2. The van der Waals surface area contributed by atoms with Gasteiger partial charge in [-0.05, 0) is 28.1 Å². The zero-order valence-corrected chi connectivity index (χ0v) is 8.48. The minimum Gasteiger partial charge on any atom is -0.453 e. The van der Waals surface area contributed by atoms with Crippen LogP contribution in [0.25, 0.3) is 0 Å². The Labute approximate surface area is 86.3 Å². The van der Waals surface area contributed by atoms with Crippen LogP contribution < -0.4 is 5.48 Å². The minimum absolute atomic E-state index is 0.0850. The van der Waals surface area contributed by atoms with Crippen LogP contribution in [0.4, 0.5) is 13.2 Å². The number of hydrogen-bond donors (Lipinski definition) is 1. The molecule has 0 amide bonds. The number of rotatable bonds is 4. The van der Waals surface area contributed by atoms with E-state index in [-0.39, 0.29) is 6.54 Å². The fraction of sp³-hybridized carbons (Fsp3) is 0.429. The van der Waals surface area contributed by atoms with Crippen LogP contribution in [0.2, 0.25) is 0 Å². The van der Waals surface area contributed by atoms with E-state index in [1.54, 1.807) is 12.1 Å². The zero-order chi connectivity index (χ0) is 10.6. The smallest absolute Gasteiger partial charge is 0.413 e. The maximum absolute atomic E-state index is 11.6. The Bertz CT molecular complexity index is 287. The van der Waals surface area contributed by atoms with E-state index in [9.17, 15) is 13.2 Å². The second kappa shape index (κ2) is 4.81. The lowest BCUT2D eigenvalue weighted by molar-refractivity contribution is -0.190. The molecule has 7 heteroatoms. The van der Waals surface area contributed by atoms with Crippen molar-refractivity contribution < 1.29 is 22.4 Å². The lowest BCUT2D eigenvalue weighted by atomic mass is 10.5. The first-order chi connectivity index (χ1) is 6.47. The second-order valence-corrected chi connectivity index (χ2v) is 3.21. The van der Waals surface area contributed by atoms with E-state index in [0.717, 1.165) is 0 Å². The Morgan fingerprint density at radius 1 is 1.43 bits per heavy atom. The van der Waals surface area contributed by atoms with Gasteiger partial charge in [0, 0.05) is 0 Å². The molecule has 0 bridgehead atoms. The molecule has 0 saturated heterocycles. The summed E-state index contributed by atoms with van der Waals surface area (Å²) in [6.45, 7) is -1.24. The first-order valence-corrected chi connectivity index (χ1v) is 4.42. The molecular weight excluding hydrogens is 267 g/mol. The average Bonchev–Trinajstić information content (AvgIpc) is 2.44. The molecule has 0 spiro atoms. The van der Waals surface area contributed by atoms with Crippen LogP contribution in [0.3, 0.4) is 0 Å². The van der Waals surface area contributed by atoms with E-state index in [4.69, 9.17) is 4.42 Å². The van der Waals surface area contributed by atoms with Crippen molar-refractivity contribution in [3.63, 3.8) is 0 Å². The second-order valence-electron chi connectivity index (χ2n) is 2.43. The maximum Gasteiger partial charge on any atom is 0.413 e. The van der Waals surface area contributed by atoms with Gasteiger partial charge in [0.05, 0.1) is 6.54 Å². The molecule has 0 aromatic carbocycles. The third-order valence-electron chi connectivity index (χ3n) is 1.21. The Morgan fingerprint density at radius 3 is 2.64 bits per heavy atom. The molecule has 3 nitrogen and oxygen atoms in total. The van der Waals surface area contributed by atoms with Crippen molar-refractivity contribution in [1.82, 2.24) is 5.48 Å². The molecule has 0 saturated carbocycles. The van der Waals surface area contributed by atoms with Crippen molar-refractivity contribution >= 4 is 15.9 Å². The first-order valence-electron chi connectivity index (χ1n) is 3.63. The summed E-state index contributed by atoms with van der Waals surface area (Å²) in [4.78, 5) is 4.16. The van der Waals surface area contributed by atoms with Gasteiger partial charge in [-0.25, -0.2) is 0 Å². The van der Waals surface area contributed by atoms with E-state index in [1.165, 1.54) is 0 Å². The molecule has 0 aliphatic heterocycles. The van der Waals surface area contributed by atoms with Gasteiger partial charge < -0.3 is 4.42 Å². The average molecular weight is 274 g/mol. The van der Waals surface area contributed by atoms with Gasteiger partial charge in [-0.1, -0.05) is 0 Å². The fourth-order valence-electron chi connectivity index (χ4n) is 0.702. The van der Waals surface area contributed by atoms with Crippen LogP contribution in [0.5, 0.6) is 0 Å². The Balaban J connectivity index is 2.16. The van der Waals surface area contributed by atoms with E-state index in [0.29, 0.717) is 10.4 Å². The molecule has 80 valence electrons. The van der Waals surface area contributed by atoms with Crippen LogP contribution in [0.15, 0.2) is 21.2 Å². The SMILES string of the molecule is FC(F)(F)CONCc1ccc(Br)o1. The van der Waals surface area contributed by atoms with Gasteiger partial charge in [-0.2, -0.15) is 18.7 Å². The normalized spacial score (nSPS) is 12.0. The van der Waals surface area contributed by atoms with E-state index in [1.807, 2.05) is 0 Å². The summed E-state index contributed by atoms with van der Waals surface area (Å²) in [6, 6.07) is 3.26. The molecule has 0 atom stereocenters. The van der Waals surface area contributed by atoms with Crippen molar-refractivity contribution in [2.45, 2.75) is 12.7 Å². The van der Waals surface area contributed by atoms with Gasteiger partial charge in [0.1, 0.15) is 5.76 Å². The van der Waals surface area contributed by atoms with Crippen molar-refractivity contribution in [3.05, 3.63) is 22.6 Å². The van der Waals surface area contributed by atoms with Crippen molar-refractivity contribution in [2.75, 3.05) is 6.61 Å². The van der Waals surface area contributed by atoms with Crippen molar-refractivity contribution in [3.8, 4) is 0 Å². The molecule has 0 aliphatic rings. The lowest BCUT2D eigenvalue weighted by Crippen LogP contribution is -2.24.